The second kappa shape index (κ2) is 12.0. The van der Waals surface area contributed by atoms with Crippen molar-refractivity contribution in [2.45, 2.75) is 71.3 Å². The van der Waals surface area contributed by atoms with Crippen LogP contribution in [0.25, 0.3) is 0 Å². The maximum atomic E-state index is 11.7. The van der Waals surface area contributed by atoms with Gasteiger partial charge in [-0.1, -0.05) is 40.0 Å². The standard InChI is InChI=1S/C16H29NO5/c1-4-7-9-10-14(19)22-13-16(6-3,12-18)17-15(20)21-11-8-5-2/h12H,4-11,13H2,1-3H3,(H,17,20). The van der Waals surface area contributed by atoms with E-state index in [1.54, 1.807) is 6.92 Å². The Morgan fingerprint density at radius 3 is 2.27 bits per heavy atom. The van der Waals surface area contributed by atoms with Gasteiger partial charge in [0.2, 0.25) is 0 Å². The van der Waals surface area contributed by atoms with E-state index < -0.39 is 11.6 Å². The van der Waals surface area contributed by atoms with Crippen LogP contribution >= 0.6 is 0 Å². The van der Waals surface area contributed by atoms with Gasteiger partial charge in [0, 0.05) is 6.42 Å². The highest BCUT2D eigenvalue weighted by Gasteiger charge is 2.32. The Morgan fingerprint density at radius 1 is 1.05 bits per heavy atom. The van der Waals surface area contributed by atoms with Crippen LogP contribution in [0, 0.1) is 0 Å². The highest BCUT2D eigenvalue weighted by Crippen LogP contribution is 2.10. The number of hydrogen-bond donors (Lipinski definition) is 1. The average Bonchev–Trinajstić information content (AvgIpc) is 2.52. The summed E-state index contributed by atoms with van der Waals surface area (Å²) in [4.78, 5) is 34.6. The van der Waals surface area contributed by atoms with Crippen molar-refractivity contribution in [2.75, 3.05) is 13.2 Å². The molecule has 1 amide bonds. The third-order valence-corrected chi connectivity index (χ3v) is 3.41. The van der Waals surface area contributed by atoms with E-state index in [1.807, 2.05) is 13.8 Å². The van der Waals surface area contributed by atoms with Crippen molar-refractivity contribution in [2.24, 2.45) is 0 Å². The van der Waals surface area contributed by atoms with Gasteiger partial charge in [-0.2, -0.15) is 0 Å². The lowest BCUT2D eigenvalue weighted by atomic mass is 10.00. The summed E-state index contributed by atoms with van der Waals surface area (Å²) in [6, 6.07) is 0. The quantitative estimate of drug-likeness (QED) is 0.340. The molecule has 0 saturated carbocycles. The molecule has 0 spiro atoms. The molecule has 6 nitrogen and oxygen atoms in total. The minimum absolute atomic E-state index is 0.166. The summed E-state index contributed by atoms with van der Waals surface area (Å²) in [5, 5.41) is 2.50. The molecular formula is C16H29NO5. The molecule has 1 unspecified atom stereocenters. The Morgan fingerprint density at radius 2 is 1.73 bits per heavy atom. The second-order valence-electron chi connectivity index (χ2n) is 5.36. The summed E-state index contributed by atoms with van der Waals surface area (Å²) in [6.07, 6.45) is 5.01. The lowest BCUT2D eigenvalue weighted by Crippen LogP contribution is -2.53. The van der Waals surface area contributed by atoms with Crippen molar-refractivity contribution in [1.29, 1.82) is 0 Å². The van der Waals surface area contributed by atoms with Gasteiger partial charge in [0.25, 0.3) is 0 Å². The van der Waals surface area contributed by atoms with E-state index in [2.05, 4.69) is 5.32 Å². The van der Waals surface area contributed by atoms with Crippen molar-refractivity contribution in [3.8, 4) is 0 Å². The molecule has 0 aromatic heterocycles. The minimum atomic E-state index is -1.22. The van der Waals surface area contributed by atoms with Gasteiger partial charge in [-0.05, 0) is 19.3 Å². The fourth-order valence-corrected chi connectivity index (χ4v) is 1.72. The molecule has 0 aliphatic rings. The van der Waals surface area contributed by atoms with E-state index in [9.17, 15) is 14.4 Å². The van der Waals surface area contributed by atoms with Crippen molar-refractivity contribution in [1.82, 2.24) is 5.32 Å². The Bertz CT molecular complexity index is 345. The molecule has 1 N–H and O–H groups in total. The monoisotopic (exact) mass is 315 g/mol. The first-order valence-electron chi connectivity index (χ1n) is 8.10. The van der Waals surface area contributed by atoms with Gasteiger partial charge in [-0.3, -0.25) is 4.79 Å². The zero-order chi connectivity index (χ0) is 16.8. The lowest BCUT2D eigenvalue weighted by molar-refractivity contribution is -0.146. The van der Waals surface area contributed by atoms with Crippen LogP contribution in [-0.2, 0) is 19.1 Å². The van der Waals surface area contributed by atoms with Crippen LogP contribution in [0.3, 0.4) is 0 Å². The highest BCUT2D eigenvalue weighted by atomic mass is 16.6. The summed E-state index contributed by atoms with van der Waals surface area (Å²) in [5.74, 6) is -0.353. The topological polar surface area (TPSA) is 81.7 Å². The second-order valence-corrected chi connectivity index (χ2v) is 5.36. The number of nitrogens with one attached hydrogen (secondary N) is 1. The number of carbonyl (C=O) groups excluding carboxylic acids is 3. The van der Waals surface area contributed by atoms with Gasteiger partial charge in [-0.15, -0.1) is 0 Å². The van der Waals surface area contributed by atoms with Crippen LogP contribution in [0.1, 0.15) is 65.7 Å². The first kappa shape index (κ1) is 20.4. The van der Waals surface area contributed by atoms with Crippen molar-refractivity contribution >= 4 is 18.3 Å². The molecule has 0 radical (unpaired) electrons. The molecule has 0 aliphatic carbocycles. The van der Waals surface area contributed by atoms with E-state index in [0.717, 1.165) is 32.1 Å². The molecule has 0 bridgehead atoms. The SMILES string of the molecule is CCCCCC(=O)OCC(C=O)(CC)NC(=O)OCCCC. The molecule has 0 heterocycles. The molecule has 0 saturated heterocycles. The zero-order valence-electron chi connectivity index (χ0n) is 14.0. The van der Waals surface area contributed by atoms with Gasteiger partial charge in [-0.25, -0.2) is 4.79 Å². The maximum absolute atomic E-state index is 11.7. The van der Waals surface area contributed by atoms with Crippen molar-refractivity contribution in [3.63, 3.8) is 0 Å². The molecule has 0 rings (SSSR count). The largest absolute Gasteiger partial charge is 0.463 e. The normalized spacial score (nSPS) is 13.0. The summed E-state index contributed by atoms with van der Waals surface area (Å²) in [6.45, 7) is 5.92. The van der Waals surface area contributed by atoms with Gasteiger partial charge in [0.1, 0.15) is 18.4 Å². The number of aldehydes is 1. The van der Waals surface area contributed by atoms with Crippen LogP contribution in [0.15, 0.2) is 0 Å². The fourth-order valence-electron chi connectivity index (χ4n) is 1.72. The molecule has 0 aromatic rings. The zero-order valence-corrected chi connectivity index (χ0v) is 14.0. The first-order valence-corrected chi connectivity index (χ1v) is 8.10. The van der Waals surface area contributed by atoms with E-state index in [-0.39, 0.29) is 12.6 Å². The molecule has 22 heavy (non-hydrogen) atoms. The minimum Gasteiger partial charge on any atom is -0.463 e. The van der Waals surface area contributed by atoms with Crippen LogP contribution in [0.4, 0.5) is 4.79 Å². The molecule has 1 atom stereocenters. The third-order valence-electron chi connectivity index (χ3n) is 3.41. The Labute approximate surface area is 132 Å². The Balaban J connectivity index is 4.33. The van der Waals surface area contributed by atoms with Gasteiger partial charge in [0.15, 0.2) is 0 Å². The number of rotatable bonds is 12. The predicted octanol–water partition coefficient (Wildman–Crippen LogP) is 2.98. The average molecular weight is 315 g/mol. The number of esters is 1. The van der Waals surface area contributed by atoms with Crippen LogP contribution in [0.2, 0.25) is 0 Å². The van der Waals surface area contributed by atoms with E-state index >= 15 is 0 Å². The number of alkyl carbamates (subject to hydrolysis) is 1. The number of carbonyl (C=O) groups is 3. The molecule has 6 heteroatoms. The first-order chi connectivity index (χ1) is 10.5. The van der Waals surface area contributed by atoms with Gasteiger partial charge in [0.05, 0.1) is 6.61 Å². The fraction of sp³-hybridized carbons (Fsp3) is 0.812. The van der Waals surface area contributed by atoms with E-state index in [1.165, 1.54) is 0 Å². The number of unbranched alkanes of at least 4 members (excludes halogenated alkanes) is 3. The van der Waals surface area contributed by atoms with Gasteiger partial charge >= 0.3 is 12.1 Å². The van der Waals surface area contributed by atoms with Crippen LogP contribution < -0.4 is 5.32 Å². The lowest BCUT2D eigenvalue weighted by Gasteiger charge is -2.27. The van der Waals surface area contributed by atoms with Crippen molar-refractivity contribution < 1.29 is 23.9 Å². The molecule has 0 aromatic carbocycles. The number of ether oxygens (including phenoxy) is 2. The smallest absolute Gasteiger partial charge is 0.408 e. The summed E-state index contributed by atoms with van der Waals surface area (Å²) >= 11 is 0. The predicted molar refractivity (Wildman–Crippen MR) is 83.6 cm³/mol. The van der Waals surface area contributed by atoms with Crippen molar-refractivity contribution in [3.05, 3.63) is 0 Å². The highest BCUT2D eigenvalue weighted by molar-refractivity contribution is 5.77. The molecule has 128 valence electrons. The van der Waals surface area contributed by atoms with E-state index in [4.69, 9.17) is 9.47 Å². The molecule has 0 aliphatic heterocycles. The molecule has 0 fully saturated rings. The Kier molecular flexibility index (Phi) is 11.1. The summed E-state index contributed by atoms with van der Waals surface area (Å²) in [5.41, 5.74) is -1.22. The summed E-state index contributed by atoms with van der Waals surface area (Å²) < 4.78 is 10.1. The number of hydrogen-bond acceptors (Lipinski definition) is 5. The van der Waals surface area contributed by atoms with Crippen LogP contribution in [0.5, 0.6) is 0 Å². The van der Waals surface area contributed by atoms with Crippen LogP contribution in [-0.4, -0.2) is 37.1 Å². The maximum Gasteiger partial charge on any atom is 0.408 e. The Hall–Kier alpha value is -1.59. The van der Waals surface area contributed by atoms with E-state index in [0.29, 0.717) is 25.7 Å². The summed E-state index contributed by atoms with van der Waals surface area (Å²) in [7, 11) is 0. The number of amides is 1. The van der Waals surface area contributed by atoms with Gasteiger partial charge < -0.3 is 19.6 Å². The molecular weight excluding hydrogens is 286 g/mol. The third kappa shape index (κ3) is 8.64.